The van der Waals surface area contributed by atoms with Crippen LogP contribution in [-0.2, 0) is 6.42 Å². The summed E-state index contributed by atoms with van der Waals surface area (Å²) in [5, 5.41) is 13.6. The number of rotatable bonds is 4. The summed E-state index contributed by atoms with van der Waals surface area (Å²) in [7, 11) is 0. The lowest BCUT2D eigenvalue weighted by molar-refractivity contribution is 0.242. The lowest BCUT2D eigenvalue weighted by atomic mass is 9.85. The van der Waals surface area contributed by atoms with Crippen molar-refractivity contribution in [3.8, 4) is 34.7 Å². The Morgan fingerprint density at radius 3 is 2.93 bits per heavy atom. The highest BCUT2D eigenvalue weighted by Crippen LogP contribution is 2.35. The van der Waals surface area contributed by atoms with Crippen molar-refractivity contribution in [2.45, 2.75) is 45.3 Å². The Morgan fingerprint density at radius 2 is 2.14 bits per heavy atom. The summed E-state index contributed by atoms with van der Waals surface area (Å²) in [4.78, 5) is 4.58. The van der Waals surface area contributed by atoms with E-state index in [-0.39, 0.29) is 12.1 Å². The maximum atomic E-state index is 9.43. The van der Waals surface area contributed by atoms with Crippen molar-refractivity contribution in [1.29, 1.82) is 5.26 Å². The van der Waals surface area contributed by atoms with Crippen LogP contribution in [0.3, 0.4) is 0 Å². The number of ether oxygens (including phenoxy) is 1. The molecule has 1 heterocycles. The van der Waals surface area contributed by atoms with Crippen molar-refractivity contribution < 1.29 is 9.26 Å². The lowest BCUT2D eigenvalue weighted by Gasteiger charge is -2.23. The van der Waals surface area contributed by atoms with Gasteiger partial charge in [-0.2, -0.15) is 10.2 Å². The second-order valence-electron chi connectivity index (χ2n) is 7.28. The molecule has 6 heteroatoms. The molecule has 0 bridgehead atoms. The van der Waals surface area contributed by atoms with E-state index in [0.717, 1.165) is 30.4 Å². The Bertz CT molecular complexity index is 1050. The topological polar surface area (TPSA) is 98.0 Å². The average molecular weight is 374 g/mol. The zero-order valence-corrected chi connectivity index (χ0v) is 16.0. The molecule has 4 rings (SSSR count). The highest BCUT2D eigenvalue weighted by molar-refractivity contribution is 5.66. The van der Waals surface area contributed by atoms with Crippen molar-refractivity contribution in [3.05, 3.63) is 53.1 Å². The molecule has 142 valence electrons. The molecule has 0 saturated carbocycles. The van der Waals surface area contributed by atoms with Gasteiger partial charge in [0.05, 0.1) is 11.7 Å². The molecule has 1 aliphatic carbocycles. The summed E-state index contributed by atoms with van der Waals surface area (Å²) in [6.07, 6.45) is 3.00. The first-order chi connectivity index (χ1) is 13.6. The highest BCUT2D eigenvalue weighted by atomic mass is 16.5. The van der Waals surface area contributed by atoms with Crippen LogP contribution >= 0.6 is 0 Å². The highest BCUT2D eigenvalue weighted by Gasteiger charge is 2.22. The summed E-state index contributed by atoms with van der Waals surface area (Å²) in [6.45, 7) is 3.84. The molecule has 1 aromatic heterocycles. The number of nitrogens with zero attached hydrogens (tertiary/aromatic N) is 3. The number of hydrogen-bond donors (Lipinski definition) is 1. The van der Waals surface area contributed by atoms with Gasteiger partial charge in [0.1, 0.15) is 11.8 Å². The monoisotopic (exact) mass is 374 g/mol. The smallest absolute Gasteiger partial charge is 0.258 e. The minimum atomic E-state index is -0.0106. The minimum absolute atomic E-state index is 0.0106. The summed E-state index contributed by atoms with van der Waals surface area (Å²) in [5.41, 5.74) is 10.7. The van der Waals surface area contributed by atoms with Crippen LogP contribution in [0.15, 0.2) is 40.9 Å². The molecule has 0 unspecified atom stereocenters. The molecule has 0 aliphatic heterocycles. The number of benzene rings is 2. The van der Waals surface area contributed by atoms with Crippen LogP contribution in [0.4, 0.5) is 0 Å². The zero-order valence-electron chi connectivity index (χ0n) is 16.0. The first kappa shape index (κ1) is 18.2. The summed E-state index contributed by atoms with van der Waals surface area (Å²) < 4.78 is 11.2. The van der Waals surface area contributed by atoms with Gasteiger partial charge in [-0.05, 0) is 62.4 Å². The number of fused-ring (bicyclic) bond motifs is 1. The van der Waals surface area contributed by atoms with Gasteiger partial charge < -0.3 is 15.0 Å². The third kappa shape index (κ3) is 3.37. The average Bonchev–Trinajstić information content (AvgIpc) is 3.18. The van der Waals surface area contributed by atoms with Gasteiger partial charge >= 0.3 is 0 Å². The van der Waals surface area contributed by atoms with Crippen molar-refractivity contribution in [2.75, 3.05) is 0 Å². The molecule has 1 aliphatic rings. The van der Waals surface area contributed by atoms with Gasteiger partial charge in [0.2, 0.25) is 5.82 Å². The molecular formula is C22H22N4O2. The minimum Gasteiger partial charge on any atom is -0.490 e. The third-order valence-electron chi connectivity index (χ3n) is 4.93. The number of aromatic nitrogens is 2. The molecule has 6 nitrogen and oxygen atoms in total. The van der Waals surface area contributed by atoms with Gasteiger partial charge in [-0.3, -0.25) is 0 Å². The molecule has 0 saturated heterocycles. The molecule has 2 N–H and O–H groups in total. The fourth-order valence-corrected chi connectivity index (χ4v) is 3.65. The van der Waals surface area contributed by atoms with Crippen LogP contribution in [0.2, 0.25) is 0 Å². The molecule has 0 spiro atoms. The predicted octanol–water partition coefficient (Wildman–Crippen LogP) is 4.40. The Morgan fingerprint density at radius 1 is 1.29 bits per heavy atom. The van der Waals surface area contributed by atoms with Crippen LogP contribution < -0.4 is 10.5 Å². The normalized spacial score (nSPS) is 15.9. The van der Waals surface area contributed by atoms with E-state index < -0.39 is 0 Å². The van der Waals surface area contributed by atoms with Crippen molar-refractivity contribution in [3.63, 3.8) is 0 Å². The maximum Gasteiger partial charge on any atom is 0.258 e. The van der Waals surface area contributed by atoms with Crippen LogP contribution in [0, 0.1) is 11.3 Å². The van der Waals surface area contributed by atoms with E-state index in [1.54, 1.807) is 12.1 Å². The van der Waals surface area contributed by atoms with E-state index in [4.69, 9.17) is 15.0 Å². The fraction of sp³-hybridized carbons (Fsp3) is 0.318. The standard InChI is InChI=1S/C22H22N4O2/c1-13(2)27-20-10-9-14(11-15(20)12-23)22-25-21(26-28-22)18-7-3-6-17-16(18)5-4-8-19(17)24/h3,6-7,9-11,13,19H,4-5,8,24H2,1-2H3/t19-/m0/s1. The third-order valence-corrected chi connectivity index (χ3v) is 4.93. The largest absolute Gasteiger partial charge is 0.490 e. The maximum absolute atomic E-state index is 9.43. The molecular weight excluding hydrogens is 352 g/mol. The quantitative estimate of drug-likeness (QED) is 0.727. The second kappa shape index (κ2) is 7.45. The zero-order chi connectivity index (χ0) is 19.7. The van der Waals surface area contributed by atoms with Crippen molar-refractivity contribution in [1.82, 2.24) is 10.1 Å². The van der Waals surface area contributed by atoms with Crippen molar-refractivity contribution in [2.24, 2.45) is 5.73 Å². The van der Waals surface area contributed by atoms with Gasteiger partial charge in [-0.25, -0.2) is 0 Å². The lowest BCUT2D eigenvalue weighted by Crippen LogP contribution is -2.18. The number of hydrogen-bond acceptors (Lipinski definition) is 6. The van der Waals surface area contributed by atoms with E-state index in [1.165, 1.54) is 5.56 Å². The predicted molar refractivity (Wildman–Crippen MR) is 106 cm³/mol. The molecule has 0 fully saturated rings. The fourth-order valence-electron chi connectivity index (χ4n) is 3.65. The second-order valence-corrected chi connectivity index (χ2v) is 7.28. The van der Waals surface area contributed by atoms with Gasteiger partial charge in [-0.1, -0.05) is 23.4 Å². The molecule has 1 atom stereocenters. The van der Waals surface area contributed by atoms with Gasteiger partial charge in [-0.15, -0.1) is 0 Å². The number of nitriles is 1. The Hall–Kier alpha value is -3.17. The first-order valence-corrected chi connectivity index (χ1v) is 9.49. The van der Waals surface area contributed by atoms with E-state index in [0.29, 0.717) is 28.6 Å². The van der Waals surface area contributed by atoms with E-state index in [1.807, 2.05) is 32.0 Å². The molecule has 2 aromatic carbocycles. The summed E-state index contributed by atoms with van der Waals surface area (Å²) in [5.74, 6) is 1.47. The van der Waals surface area contributed by atoms with E-state index in [9.17, 15) is 5.26 Å². The van der Waals surface area contributed by atoms with E-state index in [2.05, 4.69) is 22.3 Å². The summed E-state index contributed by atoms with van der Waals surface area (Å²) >= 11 is 0. The van der Waals surface area contributed by atoms with Crippen molar-refractivity contribution >= 4 is 0 Å². The first-order valence-electron chi connectivity index (χ1n) is 9.49. The molecule has 3 aromatic rings. The Labute approximate surface area is 163 Å². The van der Waals surface area contributed by atoms with Gasteiger partial charge in [0.15, 0.2) is 0 Å². The van der Waals surface area contributed by atoms with Crippen LogP contribution in [0.1, 0.15) is 49.4 Å². The molecule has 0 amide bonds. The SMILES string of the molecule is CC(C)Oc1ccc(-c2nc(-c3cccc4c3CCC[C@@H]4N)no2)cc1C#N. The molecule has 28 heavy (non-hydrogen) atoms. The van der Waals surface area contributed by atoms with Crippen LogP contribution in [0.5, 0.6) is 5.75 Å². The number of nitrogens with two attached hydrogens (primary N) is 1. The summed E-state index contributed by atoms with van der Waals surface area (Å²) in [6, 6.07) is 13.6. The Balaban J connectivity index is 1.70. The Kier molecular flexibility index (Phi) is 4.84. The van der Waals surface area contributed by atoms with Gasteiger partial charge in [0.25, 0.3) is 5.89 Å². The van der Waals surface area contributed by atoms with Crippen LogP contribution in [-0.4, -0.2) is 16.2 Å². The van der Waals surface area contributed by atoms with Crippen LogP contribution in [0.25, 0.3) is 22.8 Å². The van der Waals surface area contributed by atoms with Gasteiger partial charge in [0, 0.05) is 17.2 Å². The van der Waals surface area contributed by atoms with E-state index >= 15 is 0 Å². The molecule has 0 radical (unpaired) electrons.